The Kier molecular flexibility index (Phi) is 5.55. The lowest BCUT2D eigenvalue weighted by molar-refractivity contribution is -0.133. The number of ether oxygens (including phenoxy) is 1. The molecule has 19 heavy (non-hydrogen) atoms. The Bertz CT molecular complexity index is 494. The summed E-state index contributed by atoms with van der Waals surface area (Å²) in [6.45, 7) is 1.64. The highest BCUT2D eigenvalue weighted by Crippen LogP contribution is 2.15. The van der Waals surface area contributed by atoms with Gasteiger partial charge in [-0.1, -0.05) is 12.1 Å². The quantitative estimate of drug-likeness (QED) is 0.729. The van der Waals surface area contributed by atoms with E-state index in [-0.39, 0.29) is 25.0 Å². The van der Waals surface area contributed by atoms with Crippen LogP contribution in [0.5, 0.6) is 5.75 Å². The van der Waals surface area contributed by atoms with Gasteiger partial charge in [-0.15, -0.1) is 0 Å². The number of benzene rings is 1. The third kappa shape index (κ3) is 4.11. The highest BCUT2D eigenvalue weighted by Gasteiger charge is 2.16. The number of amides is 1. The Morgan fingerprint density at radius 2 is 2.21 bits per heavy atom. The molecule has 0 saturated heterocycles. The third-order valence-corrected chi connectivity index (χ3v) is 2.84. The smallest absolute Gasteiger partial charge is 0.260 e. The average Bonchev–Trinajstić information content (AvgIpc) is 2.44. The molecule has 1 atom stereocenters. The van der Waals surface area contributed by atoms with Gasteiger partial charge in [-0.05, 0) is 19.1 Å². The van der Waals surface area contributed by atoms with E-state index in [9.17, 15) is 9.59 Å². The van der Waals surface area contributed by atoms with E-state index >= 15 is 0 Å². The molecular formula is C14H16N2O3. The molecule has 0 N–H and O–H groups in total. The monoisotopic (exact) mass is 260 g/mol. The number of para-hydroxylation sites is 1. The fraction of sp³-hybridized carbons (Fsp3) is 0.357. The molecule has 0 aromatic heterocycles. The molecule has 0 radical (unpaired) electrons. The number of carbonyl (C=O) groups is 2. The molecule has 0 aliphatic heterocycles. The summed E-state index contributed by atoms with van der Waals surface area (Å²) in [6.07, 6.45) is 0.953. The summed E-state index contributed by atoms with van der Waals surface area (Å²) in [5, 5.41) is 8.59. The van der Waals surface area contributed by atoms with Gasteiger partial charge in [0.05, 0.1) is 18.1 Å². The highest BCUT2D eigenvalue weighted by molar-refractivity contribution is 5.80. The summed E-state index contributed by atoms with van der Waals surface area (Å²) < 4.78 is 5.33. The van der Waals surface area contributed by atoms with E-state index in [0.29, 0.717) is 17.6 Å². The van der Waals surface area contributed by atoms with Crippen LogP contribution in [0.2, 0.25) is 0 Å². The number of aldehydes is 1. The molecular weight excluding hydrogens is 244 g/mol. The number of likely N-dealkylation sites (N-methyl/N-ethyl adjacent to an activating group) is 1. The van der Waals surface area contributed by atoms with E-state index < -0.39 is 0 Å². The predicted molar refractivity (Wildman–Crippen MR) is 69.8 cm³/mol. The molecule has 0 aliphatic rings. The Hall–Kier alpha value is -2.35. The molecule has 0 bridgehead atoms. The van der Waals surface area contributed by atoms with Crippen molar-refractivity contribution in [2.45, 2.75) is 19.4 Å². The fourth-order valence-electron chi connectivity index (χ4n) is 1.47. The molecule has 1 aromatic rings. The van der Waals surface area contributed by atoms with Crippen molar-refractivity contribution in [3.8, 4) is 11.8 Å². The molecule has 0 aliphatic carbocycles. The highest BCUT2D eigenvalue weighted by atomic mass is 16.5. The van der Waals surface area contributed by atoms with Crippen molar-refractivity contribution in [2.24, 2.45) is 0 Å². The second-order valence-corrected chi connectivity index (χ2v) is 4.16. The topological polar surface area (TPSA) is 70.4 Å². The number of nitrogens with zero attached hydrogens (tertiary/aromatic N) is 2. The lowest BCUT2D eigenvalue weighted by atomic mass is 10.2. The van der Waals surface area contributed by atoms with Gasteiger partial charge in [-0.3, -0.25) is 9.59 Å². The van der Waals surface area contributed by atoms with Crippen molar-refractivity contribution in [1.29, 1.82) is 5.26 Å². The number of hydrogen-bond donors (Lipinski definition) is 0. The SMILES string of the molecule is CC(CC#N)N(C)C(=O)COc1ccccc1C=O. The first kappa shape index (κ1) is 14.7. The fourth-order valence-corrected chi connectivity index (χ4v) is 1.47. The zero-order valence-electron chi connectivity index (χ0n) is 11.0. The van der Waals surface area contributed by atoms with Gasteiger partial charge in [0, 0.05) is 13.1 Å². The van der Waals surface area contributed by atoms with Crippen LogP contribution >= 0.6 is 0 Å². The first-order valence-corrected chi connectivity index (χ1v) is 5.89. The molecule has 0 fully saturated rings. The van der Waals surface area contributed by atoms with Crippen molar-refractivity contribution >= 4 is 12.2 Å². The molecule has 5 heteroatoms. The minimum Gasteiger partial charge on any atom is -0.483 e. The first-order valence-electron chi connectivity index (χ1n) is 5.89. The summed E-state index contributed by atoms with van der Waals surface area (Å²) >= 11 is 0. The molecule has 0 heterocycles. The average molecular weight is 260 g/mol. The van der Waals surface area contributed by atoms with Crippen LogP contribution in [0, 0.1) is 11.3 Å². The van der Waals surface area contributed by atoms with Gasteiger partial charge in [0.1, 0.15) is 5.75 Å². The molecule has 1 unspecified atom stereocenters. The number of hydrogen-bond acceptors (Lipinski definition) is 4. The summed E-state index contributed by atoms with van der Waals surface area (Å²) in [4.78, 5) is 24.1. The van der Waals surface area contributed by atoms with Gasteiger partial charge in [-0.25, -0.2) is 0 Å². The van der Waals surface area contributed by atoms with Crippen LogP contribution in [0.1, 0.15) is 23.7 Å². The van der Waals surface area contributed by atoms with Gasteiger partial charge in [0.15, 0.2) is 12.9 Å². The van der Waals surface area contributed by atoms with Crippen LogP contribution in [0.4, 0.5) is 0 Å². The third-order valence-electron chi connectivity index (χ3n) is 2.84. The summed E-state index contributed by atoms with van der Waals surface area (Å²) in [5.74, 6) is 0.149. The standard InChI is InChI=1S/C14H16N2O3/c1-11(7-8-15)16(2)14(18)10-19-13-6-4-3-5-12(13)9-17/h3-6,9,11H,7,10H2,1-2H3. The van der Waals surface area contributed by atoms with E-state index in [1.807, 2.05) is 6.07 Å². The van der Waals surface area contributed by atoms with E-state index in [4.69, 9.17) is 10.00 Å². The molecule has 1 rings (SSSR count). The van der Waals surface area contributed by atoms with E-state index in [0.717, 1.165) is 0 Å². The van der Waals surface area contributed by atoms with Crippen molar-refractivity contribution in [2.75, 3.05) is 13.7 Å². The zero-order chi connectivity index (χ0) is 14.3. The normalized spacial score (nSPS) is 11.2. The van der Waals surface area contributed by atoms with Crippen molar-refractivity contribution in [3.63, 3.8) is 0 Å². The lowest BCUT2D eigenvalue weighted by Crippen LogP contribution is -2.38. The number of rotatable bonds is 6. The Morgan fingerprint density at radius 3 is 2.84 bits per heavy atom. The van der Waals surface area contributed by atoms with Crippen molar-refractivity contribution in [3.05, 3.63) is 29.8 Å². The minimum atomic E-state index is -0.233. The maximum absolute atomic E-state index is 11.8. The summed E-state index contributed by atoms with van der Waals surface area (Å²) in [7, 11) is 1.62. The second kappa shape index (κ2) is 7.17. The second-order valence-electron chi connectivity index (χ2n) is 4.16. The van der Waals surface area contributed by atoms with E-state index in [1.165, 1.54) is 4.90 Å². The minimum absolute atomic E-state index is 0.156. The van der Waals surface area contributed by atoms with Gasteiger partial charge in [-0.2, -0.15) is 5.26 Å². The van der Waals surface area contributed by atoms with Crippen LogP contribution in [0.15, 0.2) is 24.3 Å². The van der Waals surface area contributed by atoms with Crippen LogP contribution in [-0.4, -0.2) is 36.8 Å². The van der Waals surface area contributed by atoms with E-state index in [1.54, 1.807) is 38.2 Å². The Balaban J connectivity index is 2.59. The van der Waals surface area contributed by atoms with E-state index in [2.05, 4.69) is 0 Å². The maximum atomic E-state index is 11.8. The van der Waals surface area contributed by atoms with Crippen LogP contribution in [-0.2, 0) is 4.79 Å². The molecule has 1 aromatic carbocycles. The molecule has 100 valence electrons. The van der Waals surface area contributed by atoms with Gasteiger partial charge in [0.25, 0.3) is 5.91 Å². The van der Waals surface area contributed by atoms with Crippen LogP contribution < -0.4 is 4.74 Å². The lowest BCUT2D eigenvalue weighted by Gasteiger charge is -2.23. The predicted octanol–water partition coefficient (Wildman–Crippen LogP) is 1.64. The molecule has 5 nitrogen and oxygen atoms in total. The summed E-state index contributed by atoms with van der Waals surface area (Å²) in [5.41, 5.74) is 0.406. The van der Waals surface area contributed by atoms with Gasteiger partial charge < -0.3 is 9.64 Å². The van der Waals surface area contributed by atoms with Crippen LogP contribution in [0.25, 0.3) is 0 Å². The Labute approximate surface area is 112 Å². The number of nitriles is 1. The maximum Gasteiger partial charge on any atom is 0.260 e. The van der Waals surface area contributed by atoms with Crippen molar-refractivity contribution in [1.82, 2.24) is 4.90 Å². The zero-order valence-corrected chi connectivity index (χ0v) is 11.0. The first-order chi connectivity index (χ1) is 9.10. The summed E-state index contributed by atoms with van der Waals surface area (Å²) in [6, 6.07) is 8.56. The van der Waals surface area contributed by atoms with Crippen LogP contribution in [0.3, 0.4) is 0 Å². The van der Waals surface area contributed by atoms with Crippen molar-refractivity contribution < 1.29 is 14.3 Å². The van der Waals surface area contributed by atoms with Gasteiger partial charge >= 0.3 is 0 Å². The Morgan fingerprint density at radius 1 is 1.53 bits per heavy atom. The molecule has 0 saturated carbocycles. The largest absolute Gasteiger partial charge is 0.483 e. The molecule has 1 amide bonds. The number of carbonyl (C=O) groups excluding carboxylic acids is 2. The molecule has 0 spiro atoms. The van der Waals surface area contributed by atoms with Gasteiger partial charge in [0.2, 0.25) is 0 Å².